The Morgan fingerprint density at radius 1 is 1.70 bits per heavy atom. The van der Waals surface area contributed by atoms with Crippen LogP contribution >= 0.6 is 11.8 Å². The van der Waals surface area contributed by atoms with Crippen LogP contribution in [0.2, 0.25) is 0 Å². The SMILES string of the molecule is CC[C@H](N)C1(C)CCCS1. The van der Waals surface area contributed by atoms with Gasteiger partial charge in [-0.2, -0.15) is 11.8 Å². The Kier molecular flexibility index (Phi) is 2.64. The lowest BCUT2D eigenvalue weighted by molar-refractivity contribution is 0.474. The topological polar surface area (TPSA) is 26.0 Å². The van der Waals surface area contributed by atoms with Crippen molar-refractivity contribution in [3.8, 4) is 0 Å². The van der Waals surface area contributed by atoms with Crippen LogP contribution in [-0.4, -0.2) is 16.5 Å². The fourth-order valence-corrected chi connectivity index (χ4v) is 2.95. The van der Waals surface area contributed by atoms with Crippen molar-refractivity contribution >= 4 is 11.8 Å². The highest BCUT2D eigenvalue weighted by Gasteiger charge is 2.34. The molecule has 2 N–H and O–H groups in total. The summed E-state index contributed by atoms with van der Waals surface area (Å²) in [5, 5.41) is 0. The molecule has 0 aromatic carbocycles. The van der Waals surface area contributed by atoms with Crippen LogP contribution in [0.1, 0.15) is 33.1 Å². The van der Waals surface area contributed by atoms with Gasteiger partial charge in [-0.1, -0.05) is 6.92 Å². The average molecular weight is 159 g/mol. The van der Waals surface area contributed by atoms with Crippen LogP contribution in [0.4, 0.5) is 0 Å². The zero-order chi connectivity index (χ0) is 7.61. The summed E-state index contributed by atoms with van der Waals surface area (Å²) in [6.45, 7) is 4.48. The first kappa shape index (κ1) is 8.41. The molecule has 1 rings (SSSR count). The second-order valence-electron chi connectivity index (χ2n) is 3.28. The second kappa shape index (κ2) is 3.14. The quantitative estimate of drug-likeness (QED) is 0.667. The first-order valence-corrected chi connectivity index (χ1v) is 5.07. The van der Waals surface area contributed by atoms with E-state index in [1.165, 1.54) is 18.6 Å². The van der Waals surface area contributed by atoms with Gasteiger partial charge < -0.3 is 5.73 Å². The Morgan fingerprint density at radius 3 is 2.80 bits per heavy atom. The van der Waals surface area contributed by atoms with E-state index < -0.39 is 0 Å². The number of nitrogens with two attached hydrogens (primary N) is 1. The molecule has 60 valence electrons. The van der Waals surface area contributed by atoms with Gasteiger partial charge in [0, 0.05) is 10.8 Å². The van der Waals surface area contributed by atoms with Crippen molar-refractivity contribution in [1.29, 1.82) is 0 Å². The molecule has 0 saturated carbocycles. The standard InChI is InChI=1S/C8H17NS/c1-3-7(9)8(2)5-4-6-10-8/h7H,3-6,9H2,1-2H3/t7-,8?/m0/s1. The molecular formula is C8H17NS. The van der Waals surface area contributed by atoms with E-state index in [1.54, 1.807) is 0 Å². The van der Waals surface area contributed by atoms with Crippen molar-refractivity contribution in [2.45, 2.75) is 43.9 Å². The van der Waals surface area contributed by atoms with Crippen molar-refractivity contribution in [1.82, 2.24) is 0 Å². The molecule has 0 aliphatic carbocycles. The van der Waals surface area contributed by atoms with Crippen LogP contribution in [0.15, 0.2) is 0 Å². The van der Waals surface area contributed by atoms with Gasteiger partial charge in [0.15, 0.2) is 0 Å². The van der Waals surface area contributed by atoms with Crippen molar-refractivity contribution in [3.05, 3.63) is 0 Å². The van der Waals surface area contributed by atoms with E-state index in [-0.39, 0.29) is 0 Å². The Balaban J connectivity index is 2.49. The van der Waals surface area contributed by atoms with Crippen LogP contribution in [-0.2, 0) is 0 Å². The van der Waals surface area contributed by atoms with Gasteiger partial charge in [-0.05, 0) is 31.9 Å². The third-order valence-corrected chi connectivity index (χ3v) is 4.13. The van der Waals surface area contributed by atoms with Gasteiger partial charge in [0.05, 0.1) is 0 Å². The molecular weight excluding hydrogens is 142 g/mol. The third kappa shape index (κ3) is 1.48. The number of hydrogen-bond acceptors (Lipinski definition) is 2. The summed E-state index contributed by atoms with van der Waals surface area (Å²) in [4.78, 5) is 0. The molecule has 0 radical (unpaired) electrons. The molecule has 2 heteroatoms. The monoisotopic (exact) mass is 159 g/mol. The van der Waals surface area contributed by atoms with Crippen LogP contribution in [0.5, 0.6) is 0 Å². The first-order valence-electron chi connectivity index (χ1n) is 4.08. The highest BCUT2D eigenvalue weighted by atomic mass is 32.2. The van der Waals surface area contributed by atoms with Crippen LogP contribution < -0.4 is 5.73 Å². The van der Waals surface area contributed by atoms with Crippen molar-refractivity contribution in [2.75, 3.05) is 5.75 Å². The fourth-order valence-electron chi connectivity index (χ4n) is 1.52. The maximum Gasteiger partial charge on any atom is 0.0282 e. The number of hydrogen-bond donors (Lipinski definition) is 1. The molecule has 0 spiro atoms. The molecule has 0 aromatic rings. The summed E-state index contributed by atoms with van der Waals surface area (Å²) in [6, 6.07) is 0.403. The summed E-state index contributed by atoms with van der Waals surface area (Å²) in [7, 11) is 0. The van der Waals surface area contributed by atoms with E-state index >= 15 is 0 Å². The summed E-state index contributed by atoms with van der Waals surface area (Å²) in [5.74, 6) is 1.31. The molecule has 1 aliphatic rings. The largest absolute Gasteiger partial charge is 0.326 e. The highest BCUT2D eigenvalue weighted by molar-refractivity contribution is 8.00. The molecule has 10 heavy (non-hydrogen) atoms. The Bertz CT molecular complexity index is 108. The third-order valence-electron chi connectivity index (χ3n) is 2.47. The molecule has 1 aliphatic heterocycles. The van der Waals surface area contributed by atoms with Gasteiger partial charge in [0.2, 0.25) is 0 Å². The maximum atomic E-state index is 5.99. The van der Waals surface area contributed by atoms with Gasteiger partial charge in [-0.15, -0.1) is 0 Å². The molecule has 1 nitrogen and oxygen atoms in total. The highest BCUT2D eigenvalue weighted by Crippen LogP contribution is 2.40. The molecule has 1 fully saturated rings. The second-order valence-corrected chi connectivity index (χ2v) is 4.91. The predicted octanol–water partition coefficient (Wildman–Crippen LogP) is 2.01. The predicted molar refractivity (Wildman–Crippen MR) is 48.4 cm³/mol. The van der Waals surface area contributed by atoms with Gasteiger partial charge >= 0.3 is 0 Å². The minimum atomic E-state index is 0.398. The van der Waals surface area contributed by atoms with E-state index in [0.717, 1.165) is 6.42 Å². The molecule has 1 unspecified atom stereocenters. The van der Waals surface area contributed by atoms with E-state index in [9.17, 15) is 0 Å². The van der Waals surface area contributed by atoms with E-state index in [4.69, 9.17) is 5.73 Å². The van der Waals surface area contributed by atoms with Crippen molar-refractivity contribution < 1.29 is 0 Å². The number of thioether (sulfide) groups is 1. The molecule has 1 saturated heterocycles. The molecule has 0 amide bonds. The van der Waals surface area contributed by atoms with Crippen molar-refractivity contribution in [3.63, 3.8) is 0 Å². The fraction of sp³-hybridized carbons (Fsp3) is 1.00. The van der Waals surface area contributed by atoms with E-state index in [1.807, 2.05) is 0 Å². The van der Waals surface area contributed by atoms with E-state index in [0.29, 0.717) is 10.8 Å². The Labute approximate surface area is 67.8 Å². The van der Waals surface area contributed by atoms with Gasteiger partial charge in [0.1, 0.15) is 0 Å². The summed E-state index contributed by atoms with van der Waals surface area (Å²) in [6.07, 6.45) is 3.78. The lowest BCUT2D eigenvalue weighted by Crippen LogP contribution is -2.40. The van der Waals surface area contributed by atoms with Crippen LogP contribution in [0.3, 0.4) is 0 Å². The van der Waals surface area contributed by atoms with Crippen molar-refractivity contribution in [2.24, 2.45) is 5.73 Å². The van der Waals surface area contributed by atoms with Gasteiger partial charge in [-0.3, -0.25) is 0 Å². The zero-order valence-electron chi connectivity index (χ0n) is 6.89. The average Bonchev–Trinajstić information content (AvgIpc) is 2.36. The van der Waals surface area contributed by atoms with Gasteiger partial charge in [0.25, 0.3) is 0 Å². The zero-order valence-corrected chi connectivity index (χ0v) is 7.71. The van der Waals surface area contributed by atoms with Crippen LogP contribution in [0.25, 0.3) is 0 Å². The first-order chi connectivity index (χ1) is 4.69. The molecule has 0 aromatic heterocycles. The van der Waals surface area contributed by atoms with Crippen LogP contribution in [0, 0.1) is 0 Å². The molecule has 0 bridgehead atoms. The lowest BCUT2D eigenvalue weighted by atomic mass is 9.95. The molecule has 1 heterocycles. The summed E-state index contributed by atoms with van der Waals surface area (Å²) < 4.78 is 0.398. The summed E-state index contributed by atoms with van der Waals surface area (Å²) >= 11 is 2.05. The minimum Gasteiger partial charge on any atom is -0.326 e. The Morgan fingerprint density at radius 2 is 2.40 bits per heavy atom. The normalized spacial score (nSPS) is 36.3. The van der Waals surface area contributed by atoms with E-state index in [2.05, 4.69) is 25.6 Å². The maximum absolute atomic E-state index is 5.99. The molecule has 2 atom stereocenters. The number of rotatable bonds is 2. The smallest absolute Gasteiger partial charge is 0.0282 e. The summed E-state index contributed by atoms with van der Waals surface area (Å²) in [5.41, 5.74) is 5.99. The minimum absolute atomic E-state index is 0.398. The Hall–Kier alpha value is 0.310. The lowest BCUT2D eigenvalue weighted by Gasteiger charge is -2.29. The van der Waals surface area contributed by atoms with Gasteiger partial charge in [-0.25, -0.2) is 0 Å².